The predicted molar refractivity (Wildman–Crippen MR) is 108 cm³/mol. The lowest BCUT2D eigenvalue weighted by Gasteiger charge is -2.16. The van der Waals surface area contributed by atoms with Crippen molar-refractivity contribution in [3.63, 3.8) is 0 Å². The van der Waals surface area contributed by atoms with Crippen LogP contribution in [0.1, 0.15) is 23.5 Å². The molecule has 1 saturated heterocycles. The van der Waals surface area contributed by atoms with E-state index in [1.165, 1.54) is 29.4 Å². The highest BCUT2D eigenvalue weighted by Crippen LogP contribution is 2.44. The first kappa shape index (κ1) is 20.2. The molecule has 6 nitrogen and oxygen atoms in total. The molecule has 0 saturated carbocycles. The van der Waals surface area contributed by atoms with Gasteiger partial charge in [0.05, 0.1) is 7.11 Å². The number of hydrogen-bond acceptors (Lipinski definition) is 5. The van der Waals surface area contributed by atoms with Crippen LogP contribution in [-0.2, 0) is 14.3 Å². The molecule has 1 amide bonds. The molecular formula is C21H23ClN2O4. The molecule has 0 spiro atoms. The SMILES string of the molecule is COC(=O)C1CC(NC(=O)OCC2c3ccccc3-c3ccccc32)CN1.Cl. The number of alkyl carbamates (subject to hydrolysis) is 1. The highest BCUT2D eigenvalue weighted by molar-refractivity contribution is 5.85. The monoisotopic (exact) mass is 402 g/mol. The van der Waals surface area contributed by atoms with Gasteiger partial charge in [0.25, 0.3) is 0 Å². The zero-order valence-electron chi connectivity index (χ0n) is 15.5. The summed E-state index contributed by atoms with van der Waals surface area (Å²) in [6, 6.07) is 15.9. The molecule has 7 heteroatoms. The van der Waals surface area contributed by atoms with Gasteiger partial charge in [-0.2, -0.15) is 0 Å². The Morgan fingerprint density at radius 1 is 1.07 bits per heavy atom. The number of ether oxygens (including phenoxy) is 2. The van der Waals surface area contributed by atoms with Gasteiger partial charge in [-0.1, -0.05) is 48.5 Å². The van der Waals surface area contributed by atoms with E-state index in [-0.39, 0.29) is 43.0 Å². The van der Waals surface area contributed by atoms with Crippen LogP contribution in [0.15, 0.2) is 48.5 Å². The second kappa shape index (κ2) is 8.63. The molecule has 2 N–H and O–H groups in total. The Balaban J connectivity index is 0.00000225. The minimum Gasteiger partial charge on any atom is -0.468 e. The van der Waals surface area contributed by atoms with Gasteiger partial charge in [0.1, 0.15) is 12.6 Å². The molecular weight excluding hydrogens is 380 g/mol. The quantitative estimate of drug-likeness (QED) is 0.769. The molecule has 2 aromatic carbocycles. The highest BCUT2D eigenvalue weighted by Gasteiger charge is 2.32. The maximum absolute atomic E-state index is 12.2. The summed E-state index contributed by atoms with van der Waals surface area (Å²) in [5, 5.41) is 5.87. The van der Waals surface area contributed by atoms with E-state index in [9.17, 15) is 9.59 Å². The van der Waals surface area contributed by atoms with E-state index in [1.54, 1.807) is 0 Å². The number of nitrogens with one attached hydrogen (secondary N) is 2. The fourth-order valence-corrected chi connectivity index (χ4v) is 3.97. The topological polar surface area (TPSA) is 76.7 Å². The molecule has 2 atom stereocenters. The number of amides is 1. The van der Waals surface area contributed by atoms with Crippen LogP contribution in [0, 0.1) is 0 Å². The van der Waals surface area contributed by atoms with Gasteiger partial charge in [0, 0.05) is 18.5 Å². The van der Waals surface area contributed by atoms with Crippen LogP contribution >= 0.6 is 12.4 Å². The lowest BCUT2D eigenvalue weighted by molar-refractivity contribution is -0.142. The first-order valence-electron chi connectivity index (χ1n) is 9.10. The molecule has 2 aromatic rings. The average Bonchev–Trinajstić information content (AvgIpc) is 3.28. The summed E-state index contributed by atoms with van der Waals surface area (Å²) >= 11 is 0. The Kier molecular flexibility index (Phi) is 6.21. The summed E-state index contributed by atoms with van der Waals surface area (Å²) in [6.45, 7) is 0.796. The highest BCUT2D eigenvalue weighted by atomic mass is 35.5. The van der Waals surface area contributed by atoms with E-state index in [1.807, 2.05) is 24.3 Å². The average molecular weight is 403 g/mol. The van der Waals surface area contributed by atoms with E-state index in [0.717, 1.165) is 0 Å². The van der Waals surface area contributed by atoms with Gasteiger partial charge in [-0.25, -0.2) is 4.79 Å². The van der Waals surface area contributed by atoms with Crippen molar-refractivity contribution >= 4 is 24.5 Å². The van der Waals surface area contributed by atoms with E-state index < -0.39 is 6.09 Å². The number of methoxy groups -OCH3 is 1. The van der Waals surface area contributed by atoms with Crippen LogP contribution in [0.5, 0.6) is 0 Å². The summed E-state index contributed by atoms with van der Waals surface area (Å²) in [7, 11) is 1.36. The molecule has 4 rings (SSSR count). The minimum absolute atomic E-state index is 0. The fourth-order valence-electron chi connectivity index (χ4n) is 3.97. The summed E-state index contributed by atoms with van der Waals surface area (Å²) in [6.07, 6.45) is 0.0332. The number of benzene rings is 2. The van der Waals surface area contributed by atoms with Gasteiger partial charge in [-0.15, -0.1) is 12.4 Å². The Labute approximate surface area is 170 Å². The molecule has 28 heavy (non-hydrogen) atoms. The molecule has 1 fully saturated rings. The van der Waals surface area contributed by atoms with Crippen molar-refractivity contribution in [1.82, 2.24) is 10.6 Å². The Bertz CT molecular complexity index is 827. The molecule has 1 heterocycles. The summed E-state index contributed by atoms with van der Waals surface area (Å²) < 4.78 is 10.3. The first-order chi connectivity index (χ1) is 13.2. The number of hydrogen-bond donors (Lipinski definition) is 2. The summed E-state index contributed by atoms with van der Waals surface area (Å²) in [5.74, 6) is -0.278. The molecule has 0 aromatic heterocycles. The largest absolute Gasteiger partial charge is 0.468 e. The number of rotatable bonds is 4. The van der Waals surface area contributed by atoms with Crippen LogP contribution in [0.2, 0.25) is 0 Å². The molecule has 2 aliphatic rings. The smallest absolute Gasteiger partial charge is 0.407 e. The molecule has 0 radical (unpaired) electrons. The van der Waals surface area contributed by atoms with Gasteiger partial charge >= 0.3 is 12.1 Å². The Morgan fingerprint density at radius 3 is 2.29 bits per heavy atom. The predicted octanol–water partition coefficient (Wildman–Crippen LogP) is 2.85. The van der Waals surface area contributed by atoms with Crippen LogP contribution in [0.3, 0.4) is 0 Å². The molecule has 0 bridgehead atoms. The van der Waals surface area contributed by atoms with Crippen molar-refractivity contribution in [2.75, 3.05) is 20.3 Å². The molecule has 1 aliphatic carbocycles. The number of fused-ring (bicyclic) bond motifs is 3. The van der Waals surface area contributed by atoms with E-state index in [4.69, 9.17) is 9.47 Å². The minimum atomic E-state index is -0.464. The number of carbonyl (C=O) groups excluding carboxylic acids is 2. The Morgan fingerprint density at radius 2 is 1.68 bits per heavy atom. The second-order valence-corrected chi connectivity index (χ2v) is 6.89. The van der Waals surface area contributed by atoms with Gasteiger partial charge in [0.15, 0.2) is 0 Å². The maximum Gasteiger partial charge on any atom is 0.407 e. The first-order valence-corrected chi connectivity index (χ1v) is 9.10. The van der Waals surface area contributed by atoms with Crippen LogP contribution in [0.4, 0.5) is 4.79 Å². The van der Waals surface area contributed by atoms with Crippen molar-refractivity contribution in [3.05, 3.63) is 59.7 Å². The standard InChI is InChI=1S/C21H22N2O4.ClH/c1-26-20(24)19-10-13(11-22-19)23-21(25)27-12-18-16-8-4-2-6-14(16)15-7-3-5-9-17(15)18;/h2-9,13,18-19,22H,10-12H2,1H3,(H,23,25);1H. The van der Waals surface area contributed by atoms with Gasteiger partial charge < -0.3 is 20.1 Å². The van der Waals surface area contributed by atoms with Crippen molar-refractivity contribution < 1.29 is 19.1 Å². The molecule has 148 valence electrons. The number of esters is 1. The third kappa shape index (κ3) is 3.84. The zero-order valence-corrected chi connectivity index (χ0v) is 16.3. The fraction of sp³-hybridized carbons (Fsp3) is 0.333. The summed E-state index contributed by atoms with van der Waals surface area (Å²) in [4.78, 5) is 23.8. The number of carbonyl (C=O) groups is 2. The van der Waals surface area contributed by atoms with Gasteiger partial charge in [-0.05, 0) is 28.7 Å². The second-order valence-electron chi connectivity index (χ2n) is 6.89. The van der Waals surface area contributed by atoms with Gasteiger partial charge in [-0.3, -0.25) is 4.79 Å². The van der Waals surface area contributed by atoms with Gasteiger partial charge in [0.2, 0.25) is 0 Å². The van der Waals surface area contributed by atoms with E-state index in [0.29, 0.717) is 13.0 Å². The van der Waals surface area contributed by atoms with Crippen molar-refractivity contribution in [1.29, 1.82) is 0 Å². The van der Waals surface area contributed by atoms with Crippen LogP contribution in [0.25, 0.3) is 11.1 Å². The molecule has 2 unspecified atom stereocenters. The summed E-state index contributed by atoms with van der Waals surface area (Å²) in [5.41, 5.74) is 4.76. The lowest BCUT2D eigenvalue weighted by atomic mass is 9.98. The third-order valence-corrected chi connectivity index (χ3v) is 5.28. The maximum atomic E-state index is 12.2. The third-order valence-electron chi connectivity index (χ3n) is 5.28. The normalized spacial score (nSPS) is 19.9. The van der Waals surface area contributed by atoms with E-state index in [2.05, 4.69) is 34.9 Å². The van der Waals surface area contributed by atoms with Crippen LogP contribution in [-0.4, -0.2) is 44.4 Å². The van der Waals surface area contributed by atoms with E-state index >= 15 is 0 Å². The van der Waals surface area contributed by atoms with Crippen molar-refractivity contribution in [3.8, 4) is 11.1 Å². The van der Waals surface area contributed by atoms with Crippen molar-refractivity contribution in [2.45, 2.75) is 24.4 Å². The number of halogens is 1. The molecule has 1 aliphatic heterocycles. The van der Waals surface area contributed by atoms with Crippen LogP contribution < -0.4 is 10.6 Å². The zero-order chi connectivity index (χ0) is 18.8. The lowest BCUT2D eigenvalue weighted by Crippen LogP contribution is -2.37. The van der Waals surface area contributed by atoms with Crippen molar-refractivity contribution in [2.24, 2.45) is 0 Å². The Hall–Kier alpha value is -2.57.